The molecule has 2 heterocycles. The van der Waals surface area contributed by atoms with E-state index in [1.54, 1.807) is 7.11 Å². The Hall–Kier alpha value is -1.34. The number of β-amino-alcohol motifs (C(OH)–C–C–N with tert-alkyl or cyclic N) is 1. The van der Waals surface area contributed by atoms with Crippen LogP contribution in [0.3, 0.4) is 0 Å². The molecule has 0 radical (unpaired) electrons. The molecule has 1 aromatic rings. The molecule has 0 saturated carbocycles. The molecule has 0 aromatic heterocycles. The second kappa shape index (κ2) is 10.1. The number of hydrogen-bond acceptors (Lipinski definition) is 6. The summed E-state index contributed by atoms with van der Waals surface area (Å²) in [5, 5.41) is 10.3. The first-order valence-corrected chi connectivity index (χ1v) is 9.75. The van der Waals surface area contributed by atoms with Gasteiger partial charge in [0.1, 0.15) is 12.7 Å². The van der Waals surface area contributed by atoms with Crippen molar-refractivity contribution < 1.29 is 19.3 Å². The van der Waals surface area contributed by atoms with E-state index >= 15 is 0 Å². The Morgan fingerprint density at radius 2 is 1.85 bits per heavy atom. The quantitative estimate of drug-likeness (QED) is 0.759. The molecule has 1 aromatic carbocycles. The van der Waals surface area contributed by atoms with Crippen molar-refractivity contribution in [1.82, 2.24) is 9.80 Å². The van der Waals surface area contributed by atoms with Crippen LogP contribution in [0.2, 0.25) is 0 Å². The summed E-state index contributed by atoms with van der Waals surface area (Å²) in [6, 6.07) is 6.07. The number of rotatable bonds is 8. The van der Waals surface area contributed by atoms with Gasteiger partial charge >= 0.3 is 0 Å². The Bertz CT molecular complexity index is 541. The van der Waals surface area contributed by atoms with Crippen molar-refractivity contribution in [1.29, 1.82) is 0 Å². The van der Waals surface area contributed by atoms with Crippen molar-refractivity contribution in [3.63, 3.8) is 0 Å². The van der Waals surface area contributed by atoms with Crippen molar-refractivity contribution in [3.05, 3.63) is 23.8 Å². The maximum absolute atomic E-state index is 10.3. The smallest absolute Gasteiger partial charge is 0.161 e. The molecule has 0 aliphatic carbocycles. The Kier molecular flexibility index (Phi) is 7.55. The van der Waals surface area contributed by atoms with E-state index in [1.165, 1.54) is 18.4 Å². The number of aliphatic hydroxyl groups excluding tert-OH is 1. The summed E-state index contributed by atoms with van der Waals surface area (Å²) in [5.41, 5.74) is 1.19. The van der Waals surface area contributed by atoms with Gasteiger partial charge in [0, 0.05) is 32.8 Å². The molecule has 0 amide bonds. The summed E-state index contributed by atoms with van der Waals surface area (Å²) < 4.78 is 16.9. The normalized spacial score (nSPS) is 20.7. The van der Waals surface area contributed by atoms with Gasteiger partial charge < -0.3 is 24.2 Å². The predicted octanol–water partition coefficient (Wildman–Crippen LogP) is 1.75. The second-order valence-electron chi connectivity index (χ2n) is 7.20. The number of methoxy groups -OCH3 is 1. The van der Waals surface area contributed by atoms with Gasteiger partial charge in [-0.15, -0.1) is 0 Å². The standard InChI is InChI=1S/C20H32N2O4/c1-24-19-6-5-17(14-22-9-4-11-25-12-10-22)13-20(19)26-16-18(23)15-21-7-2-3-8-21/h5-6,13,18,23H,2-4,7-12,14-16H2,1H3/t18-/m1/s1. The molecule has 1 N–H and O–H groups in total. The zero-order valence-corrected chi connectivity index (χ0v) is 15.9. The maximum Gasteiger partial charge on any atom is 0.161 e. The SMILES string of the molecule is COc1ccc(CN2CCCOCC2)cc1OC[C@H](O)CN1CCCC1. The molecule has 2 fully saturated rings. The molecule has 2 aliphatic heterocycles. The van der Waals surface area contributed by atoms with E-state index in [1.807, 2.05) is 12.1 Å². The first-order valence-electron chi connectivity index (χ1n) is 9.75. The van der Waals surface area contributed by atoms with Crippen molar-refractivity contribution in [2.24, 2.45) is 0 Å². The van der Waals surface area contributed by atoms with Gasteiger partial charge in [-0.1, -0.05) is 6.07 Å². The summed E-state index contributed by atoms with van der Waals surface area (Å²) in [6.45, 7) is 7.65. The monoisotopic (exact) mass is 364 g/mol. The first kappa shape index (κ1) is 19.4. The molecular formula is C20H32N2O4. The highest BCUT2D eigenvalue weighted by Gasteiger charge is 2.17. The van der Waals surface area contributed by atoms with Crippen LogP contribution < -0.4 is 9.47 Å². The molecule has 26 heavy (non-hydrogen) atoms. The number of aliphatic hydroxyl groups is 1. The second-order valence-corrected chi connectivity index (χ2v) is 7.20. The average Bonchev–Trinajstić information content (AvgIpc) is 3.02. The van der Waals surface area contributed by atoms with Crippen LogP contribution in [0, 0.1) is 0 Å². The van der Waals surface area contributed by atoms with E-state index in [2.05, 4.69) is 15.9 Å². The number of ether oxygens (including phenoxy) is 3. The Labute approximate surface area is 156 Å². The fraction of sp³-hybridized carbons (Fsp3) is 0.700. The molecule has 0 unspecified atom stereocenters. The lowest BCUT2D eigenvalue weighted by atomic mass is 10.2. The lowest BCUT2D eigenvalue weighted by Crippen LogP contribution is -2.33. The van der Waals surface area contributed by atoms with Gasteiger partial charge in [-0.3, -0.25) is 4.90 Å². The third kappa shape index (κ3) is 5.84. The van der Waals surface area contributed by atoms with E-state index in [4.69, 9.17) is 14.2 Å². The third-order valence-electron chi connectivity index (χ3n) is 5.05. The van der Waals surface area contributed by atoms with Gasteiger partial charge in [0.15, 0.2) is 11.5 Å². The molecule has 0 bridgehead atoms. The van der Waals surface area contributed by atoms with Crippen LogP contribution in [-0.2, 0) is 11.3 Å². The summed E-state index contributed by atoms with van der Waals surface area (Å²) in [4.78, 5) is 4.70. The van der Waals surface area contributed by atoms with E-state index in [-0.39, 0.29) is 6.61 Å². The van der Waals surface area contributed by atoms with Crippen LogP contribution in [0.4, 0.5) is 0 Å². The highest BCUT2D eigenvalue weighted by Crippen LogP contribution is 2.29. The van der Waals surface area contributed by atoms with Crippen molar-refractivity contribution in [3.8, 4) is 11.5 Å². The van der Waals surface area contributed by atoms with E-state index < -0.39 is 6.10 Å². The lowest BCUT2D eigenvalue weighted by Gasteiger charge is -2.22. The van der Waals surface area contributed by atoms with Gasteiger partial charge in [0.05, 0.1) is 13.7 Å². The van der Waals surface area contributed by atoms with E-state index in [9.17, 15) is 5.11 Å². The number of hydrogen-bond donors (Lipinski definition) is 1. The number of benzene rings is 1. The predicted molar refractivity (Wildman–Crippen MR) is 101 cm³/mol. The Balaban J connectivity index is 1.55. The van der Waals surface area contributed by atoms with Crippen molar-refractivity contribution >= 4 is 0 Å². The van der Waals surface area contributed by atoms with Crippen LogP contribution in [0.5, 0.6) is 11.5 Å². The van der Waals surface area contributed by atoms with Crippen LogP contribution in [0.1, 0.15) is 24.8 Å². The fourth-order valence-corrected chi connectivity index (χ4v) is 3.65. The summed E-state index contributed by atoms with van der Waals surface area (Å²) in [7, 11) is 1.65. The molecule has 1 atom stereocenters. The van der Waals surface area contributed by atoms with Crippen LogP contribution in [-0.4, -0.2) is 80.7 Å². The van der Waals surface area contributed by atoms with Gasteiger partial charge in [-0.25, -0.2) is 0 Å². The van der Waals surface area contributed by atoms with E-state index in [0.717, 1.165) is 52.4 Å². The minimum Gasteiger partial charge on any atom is -0.493 e. The molecule has 6 heteroatoms. The summed E-state index contributed by atoms with van der Waals surface area (Å²) in [5.74, 6) is 1.41. The molecule has 2 aliphatic rings. The maximum atomic E-state index is 10.3. The fourth-order valence-electron chi connectivity index (χ4n) is 3.65. The number of likely N-dealkylation sites (tertiary alicyclic amines) is 1. The third-order valence-corrected chi connectivity index (χ3v) is 5.05. The minimum absolute atomic E-state index is 0.286. The van der Waals surface area contributed by atoms with Gasteiger partial charge in [-0.2, -0.15) is 0 Å². The van der Waals surface area contributed by atoms with Gasteiger partial charge in [0.25, 0.3) is 0 Å². The molecule has 3 rings (SSSR count). The highest BCUT2D eigenvalue weighted by atomic mass is 16.5. The topological polar surface area (TPSA) is 54.4 Å². The van der Waals surface area contributed by atoms with Crippen LogP contribution in [0.25, 0.3) is 0 Å². The first-order chi connectivity index (χ1) is 12.7. The lowest BCUT2D eigenvalue weighted by molar-refractivity contribution is 0.0746. The zero-order chi connectivity index (χ0) is 18.2. The summed E-state index contributed by atoms with van der Waals surface area (Å²) >= 11 is 0. The Morgan fingerprint density at radius 3 is 2.65 bits per heavy atom. The molecule has 6 nitrogen and oxygen atoms in total. The van der Waals surface area contributed by atoms with Crippen LogP contribution in [0.15, 0.2) is 18.2 Å². The molecule has 2 saturated heterocycles. The highest BCUT2D eigenvalue weighted by molar-refractivity contribution is 5.43. The molecular weight excluding hydrogens is 332 g/mol. The average molecular weight is 364 g/mol. The summed E-state index contributed by atoms with van der Waals surface area (Å²) in [6.07, 6.45) is 3.04. The minimum atomic E-state index is -0.482. The largest absolute Gasteiger partial charge is 0.493 e. The molecule has 0 spiro atoms. The van der Waals surface area contributed by atoms with Crippen LogP contribution >= 0.6 is 0 Å². The number of nitrogens with zero attached hydrogens (tertiary/aromatic N) is 2. The van der Waals surface area contributed by atoms with Crippen molar-refractivity contribution in [2.45, 2.75) is 31.9 Å². The Morgan fingerprint density at radius 1 is 1.04 bits per heavy atom. The van der Waals surface area contributed by atoms with Crippen molar-refractivity contribution in [2.75, 3.05) is 59.7 Å². The van der Waals surface area contributed by atoms with Gasteiger partial charge in [-0.05, 0) is 50.0 Å². The van der Waals surface area contributed by atoms with Gasteiger partial charge in [0.2, 0.25) is 0 Å². The zero-order valence-electron chi connectivity index (χ0n) is 15.9. The van der Waals surface area contributed by atoms with E-state index in [0.29, 0.717) is 18.0 Å². The molecule has 146 valence electrons.